The van der Waals surface area contributed by atoms with Gasteiger partial charge in [0, 0.05) is 22.7 Å². The summed E-state index contributed by atoms with van der Waals surface area (Å²) in [6.07, 6.45) is 0. The van der Waals surface area contributed by atoms with E-state index in [1.54, 1.807) is 36.4 Å². The molecule has 0 aliphatic carbocycles. The molecule has 0 aromatic heterocycles. The SMILES string of the molecule is O=C(Nc1cccc(O)c1)c1ccc(F)c2ccccc12. The Kier molecular flexibility index (Phi) is 3.28. The number of benzene rings is 3. The van der Waals surface area contributed by atoms with Crippen molar-refractivity contribution in [2.75, 3.05) is 5.32 Å². The molecule has 0 bridgehead atoms. The Hall–Kier alpha value is -2.88. The van der Waals surface area contributed by atoms with Gasteiger partial charge in [0.15, 0.2) is 0 Å². The van der Waals surface area contributed by atoms with E-state index in [-0.39, 0.29) is 17.5 Å². The van der Waals surface area contributed by atoms with E-state index in [1.807, 2.05) is 0 Å². The number of hydrogen-bond acceptors (Lipinski definition) is 2. The van der Waals surface area contributed by atoms with E-state index in [0.29, 0.717) is 22.0 Å². The van der Waals surface area contributed by atoms with Crippen molar-refractivity contribution in [2.24, 2.45) is 0 Å². The first kappa shape index (κ1) is 13.1. The Balaban J connectivity index is 2.01. The molecule has 0 heterocycles. The van der Waals surface area contributed by atoms with E-state index >= 15 is 0 Å². The van der Waals surface area contributed by atoms with Gasteiger partial charge in [-0.15, -0.1) is 0 Å². The van der Waals surface area contributed by atoms with E-state index in [9.17, 15) is 14.3 Å². The van der Waals surface area contributed by atoms with Gasteiger partial charge < -0.3 is 10.4 Å². The van der Waals surface area contributed by atoms with Crippen LogP contribution in [0.4, 0.5) is 10.1 Å². The number of amides is 1. The lowest BCUT2D eigenvalue weighted by Crippen LogP contribution is -2.12. The summed E-state index contributed by atoms with van der Waals surface area (Å²) in [7, 11) is 0. The molecule has 0 spiro atoms. The molecule has 0 saturated heterocycles. The molecule has 2 N–H and O–H groups in total. The zero-order valence-corrected chi connectivity index (χ0v) is 11.0. The van der Waals surface area contributed by atoms with Crippen LogP contribution in [-0.4, -0.2) is 11.0 Å². The highest BCUT2D eigenvalue weighted by Gasteiger charge is 2.12. The highest BCUT2D eigenvalue weighted by atomic mass is 19.1. The fraction of sp³-hybridized carbons (Fsp3) is 0. The van der Waals surface area contributed by atoms with Crippen LogP contribution in [0, 0.1) is 5.82 Å². The molecular formula is C17H12FNO2. The predicted molar refractivity (Wildman–Crippen MR) is 80.0 cm³/mol. The summed E-state index contributed by atoms with van der Waals surface area (Å²) in [5.74, 6) is -0.645. The number of phenols is 1. The molecule has 0 saturated carbocycles. The molecule has 0 radical (unpaired) electrons. The molecule has 0 aliphatic heterocycles. The average molecular weight is 281 g/mol. The topological polar surface area (TPSA) is 49.3 Å². The van der Waals surface area contributed by atoms with Crippen LogP contribution < -0.4 is 5.32 Å². The third-order valence-corrected chi connectivity index (χ3v) is 3.22. The zero-order chi connectivity index (χ0) is 14.8. The van der Waals surface area contributed by atoms with Crippen molar-refractivity contribution < 1.29 is 14.3 Å². The molecule has 3 aromatic carbocycles. The molecule has 104 valence electrons. The van der Waals surface area contributed by atoms with Crippen LogP contribution in [0.15, 0.2) is 60.7 Å². The maximum atomic E-state index is 13.7. The van der Waals surface area contributed by atoms with Crippen LogP contribution in [0.5, 0.6) is 5.75 Å². The molecule has 0 fully saturated rings. The summed E-state index contributed by atoms with van der Waals surface area (Å²) in [6.45, 7) is 0. The molecule has 0 atom stereocenters. The second-order valence-electron chi connectivity index (χ2n) is 4.64. The van der Waals surface area contributed by atoms with Crippen LogP contribution in [0.1, 0.15) is 10.4 Å². The summed E-state index contributed by atoms with van der Waals surface area (Å²) in [5.41, 5.74) is 0.865. The molecule has 4 heteroatoms. The lowest BCUT2D eigenvalue weighted by molar-refractivity contribution is 0.102. The van der Waals surface area contributed by atoms with Gasteiger partial charge in [0.1, 0.15) is 11.6 Å². The number of halogens is 1. The monoisotopic (exact) mass is 281 g/mol. The average Bonchev–Trinajstić information content (AvgIpc) is 2.48. The van der Waals surface area contributed by atoms with Gasteiger partial charge in [0.05, 0.1) is 0 Å². The molecule has 3 rings (SSSR count). The first-order valence-electron chi connectivity index (χ1n) is 6.43. The number of fused-ring (bicyclic) bond motifs is 1. The van der Waals surface area contributed by atoms with Crippen LogP contribution in [0.2, 0.25) is 0 Å². The van der Waals surface area contributed by atoms with Gasteiger partial charge in [-0.3, -0.25) is 4.79 Å². The van der Waals surface area contributed by atoms with E-state index in [1.165, 1.54) is 24.3 Å². The number of carbonyl (C=O) groups excluding carboxylic acids is 1. The third kappa shape index (κ3) is 2.56. The quantitative estimate of drug-likeness (QED) is 0.747. The summed E-state index contributed by atoms with van der Waals surface area (Å²) in [5, 5.41) is 13.0. The van der Waals surface area contributed by atoms with E-state index in [4.69, 9.17) is 0 Å². The van der Waals surface area contributed by atoms with Crippen LogP contribution in [0.25, 0.3) is 10.8 Å². The van der Waals surface area contributed by atoms with E-state index in [0.717, 1.165) is 0 Å². The predicted octanol–water partition coefficient (Wildman–Crippen LogP) is 3.94. The number of rotatable bonds is 2. The number of aromatic hydroxyl groups is 1. The summed E-state index contributed by atoms with van der Waals surface area (Å²) < 4.78 is 13.7. The van der Waals surface area contributed by atoms with Crippen molar-refractivity contribution in [1.82, 2.24) is 0 Å². The first-order chi connectivity index (χ1) is 10.1. The summed E-state index contributed by atoms with van der Waals surface area (Å²) in [4.78, 5) is 12.3. The standard InChI is InChI=1S/C17H12FNO2/c18-16-9-8-15(13-6-1-2-7-14(13)16)17(21)19-11-4-3-5-12(20)10-11/h1-10,20H,(H,19,21). The molecule has 0 aliphatic rings. The largest absolute Gasteiger partial charge is 0.508 e. The Morgan fingerprint density at radius 3 is 2.48 bits per heavy atom. The summed E-state index contributed by atoms with van der Waals surface area (Å²) in [6, 6.07) is 15.8. The van der Waals surface area contributed by atoms with Gasteiger partial charge in [-0.05, 0) is 29.7 Å². The minimum Gasteiger partial charge on any atom is -0.508 e. The Labute approximate surface area is 120 Å². The minimum absolute atomic E-state index is 0.0664. The number of phenolic OH excluding ortho intramolecular Hbond substituents is 1. The highest BCUT2D eigenvalue weighted by molar-refractivity contribution is 6.13. The number of carbonyl (C=O) groups is 1. The van der Waals surface area contributed by atoms with Gasteiger partial charge in [-0.2, -0.15) is 0 Å². The van der Waals surface area contributed by atoms with Gasteiger partial charge in [-0.25, -0.2) is 4.39 Å². The fourth-order valence-electron chi connectivity index (χ4n) is 2.24. The van der Waals surface area contributed by atoms with E-state index in [2.05, 4.69) is 5.32 Å². The summed E-state index contributed by atoms with van der Waals surface area (Å²) >= 11 is 0. The second-order valence-corrected chi connectivity index (χ2v) is 4.64. The Morgan fingerprint density at radius 1 is 0.952 bits per heavy atom. The smallest absolute Gasteiger partial charge is 0.256 e. The number of anilines is 1. The Morgan fingerprint density at radius 2 is 1.71 bits per heavy atom. The molecule has 3 aromatic rings. The van der Waals surface area contributed by atoms with Crippen molar-refractivity contribution in [2.45, 2.75) is 0 Å². The van der Waals surface area contributed by atoms with Crippen molar-refractivity contribution in [3.63, 3.8) is 0 Å². The molecule has 3 nitrogen and oxygen atoms in total. The van der Waals surface area contributed by atoms with Crippen LogP contribution >= 0.6 is 0 Å². The second kappa shape index (κ2) is 5.25. The fourth-order valence-corrected chi connectivity index (χ4v) is 2.24. The normalized spacial score (nSPS) is 10.5. The first-order valence-corrected chi connectivity index (χ1v) is 6.43. The molecular weight excluding hydrogens is 269 g/mol. The van der Waals surface area contributed by atoms with Gasteiger partial charge in [-0.1, -0.05) is 30.3 Å². The zero-order valence-electron chi connectivity index (χ0n) is 11.0. The third-order valence-electron chi connectivity index (χ3n) is 3.22. The maximum Gasteiger partial charge on any atom is 0.256 e. The van der Waals surface area contributed by atoms with Crippen LogP contribution in [0.3, 0.4) is 0 Å². The number of nitrogens with one attached hydrogen (secondary N) is 1. The van der Waals surface area contributed by atoms with E-state index < -0.39 is 0 Å². The lowest BCUT2D eigenvalue weighted by atomic mass is 10.0. The molecule has 21 heavy (non-hydrogen) atoms. The Bertz CT molecular complexity index is 830. The van der Waals surface area contributed by atoms with Crippen molar-refractivity contribution >= 4 is 22.4 Å². The minimum atomic E-state index is -0.362. The van der Waals surface area contributed by atoms with Gasteiger partial charge in [0.25, 0.3) is 5.91 Å². The van der Waals surface area contributed by atoms with Gasteiger partial charge >= 0.3 is 0 Å². The van der Waals surface area contributed by atoms with Gasteiger partial charge in [0.2, 0.25) is 0 Å². The highest BCUT2D eigenvalue weighted by Crippen LogP contribution is 2.23. The van der Waals surface area contributed by atoms with Crippen molar-refractivity contribution in [3.8, 4) is 5.75 Å². The number of hydrogen-bond donors (Lipinski definition) is 2. The lowest BCUT2D eigenvalue weighted by Gasteiger charge is -2.09. The molecule has 0 unspecified atom stereocenters. The maximum absolute atomic E-state index is 13.7. The molecule has 1 amide bonds. The van der Waals surface area contributed by atoms with Crippen molar-refractivity contribution in [3.05, 3.63) is 72.0 Å². The van der Waals surface area contributed by atoms with Crippen LogP contribution in [-0.2, 0) is 0 Å². The van der Waals surface area contributed by atoms with Crippen molar-refractivity contribution in [1.29, 1.82) is 0 Å².